The van der Waals surface area contributed by atoms with Gasteiger partial charge in [0.1, 0.15) is 24.2 Å². The summed E-state index contributed by atoms with van der Waals surface area (Å²) in [6.07, 6.45) is -0.200. The molecule has 140 valence electrons. The van der Waals surface area contributed by atoms with E-state index in [0.29, 0.717) is 24.8 Å². The monoisotopic (exact) mass is 352 g/mol. The van der Waals surface area contributed by atoms with Gasteiger partial charge in [0.15, 0.2) is 5.96 Å². The number of nitrogens with zero attached hydrogens (tertiary/aromatic N) is 1. The van der Waals surface area contributed by atoms with Crippen molar-refractivity contribution in [2.24, 2.45) is 4.99 Å². The van der Waals surface area contributed by atoms with Crippen molar-refractivity contribution in [1.29, 1.82) is 0 Å². The van der Waals surface area contributed by atoms with E-state index in [4.69, 9.17) is 4.74 Å². The van der Waals surface area contributed by atoms with E-state index >= 15 is 0 Å². The molecule has 7 heteroatoms. The smallest absolute Gasteiger partial charge is 0.242 e. The van der Waals surface area contributed by atoms with Gasteiger partial charge in [-0.1, -0.05) is 6.07 Å². The molecule has 0 aromatic heterocycles. The fourth-order valence-electron chi connectivity index (χ4n) is 2.01. The van der Waals surface area contributed by atoms with Crippen LogP contribution < -0.4 is 20.7 Å². The van der Waals surface area contributed by atoms with Crippen LogP contribution in [0.4, 0.5) is 4.39 Å². The predicted octanol–water partition coefficient (Wildman–Crippen LogP) is 2.06. The second kappa shape index (κ2) is 9.86. The van der Waals surface area contributed by atoms with Crippen molar-refractivity contribution in [1.82, 2.24) is 16.0 Å². The van der Waals surface area contributed by atoms with Gasteiger partial charge in [-0.15, -0.1) is 0 Å². The summed E-state index contributed by atoms with van der Waals surface area (Å²) < 4.78 is 18.8. The van der Waals surface area contributed by atoms with E-state index in [1.807, 2.05) is 34.6 Å². The molecule has 0 radical (unpaired) electrons. The lowest BCUT2D eigenvalue weighted by molar-refractivity contribution is -0.121. The Bertz CT molecular complexity index is 585. The van der Waals surface area contributed by atoms with Gasteiger partial charge in [0.25, 0.3) is 0 Å². The number of halogens is 1. The number of amides is 1. The highest BCUT2D eigenvalue weighted by Gasteiger charge is 2.13. The van der Waals surface area contributed by atoms with E-state index in [1.165, 1.54) is 12.1 Å². The van der Waals surface area contributed by atoms with E-state index in [9.17, 15) is 9.18 Å². The highest BCUT2D eigenvalue weighted by Crippen LogP contribution is 2.13. The zero-order valence-corrected chi connectivity index (χ0v) is 15.6. The lowest BCUT2D eigenvalue weighted by atomic mass is 10.1. The second-order valence-corrected chi connectivity index (χ2v) is 6.76. The van der Waals surface area contributed by atoms with Gasteiger partial charge < -0.3 is 20.7 Å². The topological polar surface area (TPSA) is 74.8 Å². The molecule has 0 aliphatic heterocycles. The fraction of sp³-hybridized carbons (Fsp3) is 0.556. The van der Waals surface area contributed by atoms with E-state index in [0.717, 1.165) is 0 Å². The minimum absolute atomic E-state index is 0.0335. The molecule has 1 rings (SSSR count). The van der Waals surface area contributed by atoms with E-state index in [2.05, 4.69) is 20.9 Å². The average Bonchev–Trinajstić information content (AvgIpc) is 2.48. The summed E-state index contributed by atoms with van der Waals surface area (Å²) >= 11 is 0. The van der Waals surface area contributed by atoms with Crippen molar-refractivity contribution in [3.05, 3.63) is 30.1 Å². The third-order valence-corrected chi connectivity index (χ3v) is 2.93. The quantitative estimate of drug-likeness (QED) is 0.519. The Balaban J connectivity index is 2.50. The molecule has 0 bridgehead atoms. The number of carbonyl (C=O) groups is 1. The zero-order chi connectivity index (χ0) is 18.9. The molecule has 0 spiro atoms. The van der Waals surface area contributed by atoms with Gasteiger partial charge in [0.2, 0.25) is 5.91 Å². The van der Waals surface area contributed by atoms with Gasteiger partial charge in [-0.25, -0.2) is 9.38 Å². The largest absolute Gasteiger partial charge is 0.489 e. The molecule has 25 heavy (non-hydrogen) atoms. The summed E-state index contributed by atoms with van der Waals surface area (Å²) in [5, 5.41) is 9.04. The van der Waals surface area contributed by atoms with Crippen molar-refractivity contribution in [2.75, 3.05) is 19.6 Å². The normalized spacial score (nSPS) is 13.1. The number of ether oxygens (including phenoxy) is 1. The van der Waals surface area contributed by atoms with Crippen LogP contribution >= 0.6 is 0 Å². The van der Waals surface area contributed by atoms with Gasteiger partial charge in [-0.2, -0.15) is 0 Å². The molecule has 0 heterocycles. The van der Waals surface area contributed by atoms with E-state index in [-0.39, 0.29) is 29.9 Å². The van der Waals surface area contributed by atoms with Crippen LogP contribution in [0, 0.1) is 5.82 Å². The maximum absolute atomic E-state index is 13.2. The molecule has 0 aliphatic rings. The SMILES string of the molecule is CCNC(=NCC(=O)NC(C)(C)C)NCC(C)Oc1cccc(F)c1. The van der Waals surface area contributed by atoms with Crippen LogP contribution in [0.15, 0.2) is 29.3 Å². The Kier molecular flexibility index (Phi) is 8.18. The summed E-state index contributed by atoms with van der Waals surface area (Å²) in [7, 11) is 0. The van der Waals surface area contributed by atoms with Crippen molar-refractivity contribution in [3.8, 4) is 5.75 Å². The van der Waals surface area contributed by atoms with Gasteiger partial charge in [-0.3, -0.25) is 4.79 Å². The molecule has 6 nitrogen and oxygen atoms in total. The number of guanidine groups is 1. The highest BCUT2D eigenvalue weighted by atomic mass is 19.1. The molecule has 0 aliphatic carbocycles. The van der Waals surface area contributed by atoms with Crippen molar-refractivity contribution in [3.63, 3.8) is 0 Å². The number of rotatable bonds is 7. The summed E-state index contributed by atoms with van der Waals surface area (Å²) in [6, 6.07) is 6.01. The molecule has 1 atom stereocenters. The molecule has 3 N–H and O–H groups in total. The van der Waals surface area contributed by atoms with Crippen LogP contribution in [-0.4, -0.2) is 43.1 Å². The van der Waals surface area contributed by atoms with Gasteiger partial charge in [0.05, 0.1) is 6.54 Å². The lowest BCUT2D eigenvalue weighted by Gasteiger charge is -2.20. The Morgan fingerprint density at radius 2 is 2.04 bits per heavy atom. The van der Waals surface area contributed by atoms with Crippen LogP contribution in [-0.2, 0) is 4.79 Å². The minimum atomic E-state index is -0.336. The highest BCUT2D eigenvalue weighted by molar-refractivity contribution is 5.85. The van der Waals surface area contributed by atoms with Gasteiger partial charge >= 0.3 is 0 Å². The molecule has 1 aromatic rings. The molecule has 1 aromatic carbocycles. The Labute approximate surface area is 149 Å². The predicted molar refractivity (Wildman–Crippen MR) is 98.4 cm³/mol. The Hall–Kier alpha value is -2.31. The number of aliphatic imine (C=N–C) groups is 1. The first-order valence-corrected chi connectivity index (χ1v) is 8.45. The van der Waals surface area contributed by atoms with Crippen LogP contribution in [0.25, 0.3) is 0 Å². The van der Waals surface area contributed by atoms with Crippen molar-refractivity contribution in [2.45, 2.75) is 46.3 Å². The maximum atomic E-state index is 13.2. The fourth-order valence-corrected chi connectivity index (χ4v) is 2.01. The summed E-state index contributed by atoms with van der Waals surface area (Å²) in [5.41, 5.74) is -0.286. The number of hydrogen-bond acceptors (Lipinski definition) is 3. The molecular formula is C18H29FN4O2. The van der Waals surface area contributed by atoms with Gasteiger partial charge in [0, 0.05) is 18.2 Å². The van der Waals surface area contributed by atoms with Crippen molar-refractivity contribution >= 4 is 11.9 Å². The van der Waals surface area contributed by atoms with E-state index < -0.39 is 0 Å². The van der Waals surface area contributed by atoms with Crippen LogP contribution in [0.1, 0.15) is 34.6 Å². The summed E-state index contributed by atoms with van der Waals surface area (Å²) in [4.78, 5) is 16.1. The van der Waals surface area contributed by atoms with Crippen molar-refractivity contribution < 1.29 is 13.9 Å². The average molecular weight is 352 g/mol. The molecular weight excluding hydrogens is 323 g/mol. The second-order valence-electron chi connectivity index (χ2n) is 6.76. The first-order valence-electron chi connectivity index (χ1n) is 8.45. The number of hydrogen-bond donors (Lipinski definition) is 3. The lowest BCUT2D eigenvalue weighted by Crippen LogP contribution is -2.44. The Morgan fingerprint density at radius 3 is 2.64 bits per heavy atom. The van der Waals surface area contributed by atoms with Crippen LogP contribution in [0.5, 0.6) is 5.75 Å². The van der Waals surface area contributed by atoms with Crippen LogP contribution in [0.3, 0.4) is 0 Å². The van der Waals surface area contributed by atoms with E-state index in [1.54, 1.807) is 12.1 Å². The Morgan fingerprint density at radius 1 is 1.32 bits per heavy atom. The molecule has 0 saturated carbocycles. The first kappa shape index (κ1) is 20.7. The van der Waals surface area contributed by atoms with Gasteiger partial charge in [-0.05, 0) is 46.8 Å². The number of carbonyl (C=O) groups excluding carboxylic acids is 1. The zero-order valence-electron chi connectivity index (χ0n) is 15.6. The maximum Gasteiger partial charge on any atom is 0.242 e. The first-order chi connectivity index (χ1) is 11.7. The molecule has 0 saturated heterocycles. The minimum Gasteiger partial charge on any atom is -0.489 e. The third-order valence-electron chi connectivity index (χ3n) is 2.93. The summed E-state index contributed by atoms with van der Waals surface area (Å²) in [6.45, 7) is 10.7. The molecule has 0 fully saturated rings. The number of benzene rings is 1. The third kappa shape index (κ3) is 9.54. The molecule has 1 unspecified atom stereocenters. The standard InChI is InChI=1S/C18H29FN4O2/c1-6-20-17(22-12-16(24)23-18(3,4)5)21-11-13(2)25-15-9-7-8-14(19)10-15/h7-10,13H,6,11-12H2,1-5H3,(H,23,24)(H2,20,21,22). The van der Waals surface area contributed by atoms with Crippen LogP contribution in [0.2, 0.25) is 0 Å². The molecule has 1 amide bonds. The number of nitrogens with one attached hydrogen (secondary N) is 3. The summed E-state index contributed by atoms with van der Waals surface area (Å²) in [5.74, 6) is 0.522.